The average Bonchev–Trinajstić information content (AvgIpc) is 2.47. The molecule has 2 rings (SSSR count). The van der Waals surface area contributed by atoms with Crippen molar-refractivity contribution in [1.29, 1.82) is 0 Å². The van der Waals surface area contributed by atoms with Crippen LogP contribution in [-0.2, 0) is 0 Å². The molecule has 0 spiro atoms. The third-order valence-corrected chi connectivity index (χ3v) is 2.25. The van der Waals surface area contributed by atoms with Crippen molar-refractivity contribution in [1.82, 2.24) is 15.0 Å². The Morgan fingerprint density at radius 1 is 1.19 bits per heavy atom. The van der Waals surface area contributed by atoms with Gasteiger partial charge >= 0.3 is 12.0 Å². The second-order valence-corrected chi connectivity index (χ2v) is 3.49. The molecular weight excluding hydrogens is 282 g/mol. The van der Waals surface area contributed by atoms with Crippen molar-refractivity contribution < 1.29 is 29.6 Å². The number of carbonyl (C=O) groups is 1. The molecule has 0 radical (unpaired) electrons. The van der Waals surface area contributed by atoms with Crippen LogP contribution in [0.3, 0.4) is 0 Å². The lowest BCUT2D eigenvalue weighted by atomic mass is 10.3. The highest BCUT2D eigenvalue weighted by atomic mass is 16.5. The van der Waals surface area contributed by atoms with Gasteiger partial charge in [-0.15, -0.1) is 0 Å². The summed E-state index contributed by atoms with van der Waals surface area (Å²) < 4.78 is 15.3. The van der Waals surface area contributed by atoms with Crippen LogP contribution in [0.1, 0.15) is 10.5 Å². The molecule has 9 nitrogen and oxygen atoms in total. The first kappa shape index (κ1) is 16.1. The van der Waals surface area contributed by atoms with Gasteiger partial charge in [-0.2, -0.15) is 9.97 Å². The number of aromatic carboxylic acids is 1. The second kappa shape index (κ2) is 7.01. The lowest BCUT2D eigenvalue weighted by Gasteiger charge is -2.08. The predicted molar refractivity (Wildman–Crippen MR) is 70.0 cm³/mol. The number of hydrogen-bond acceptors (Lipinski definition) is 7. The molecule has 0 aliphatic carbocycles. The van der Waals surface area contributed by atoms with Crippen LogP contribution in [0.4, 0.5) is 0 Å². The Kier molecular flexibility index (Phi) is 5.38. The van der Waals surface area contributed by atoms with Crippen molar-refractivity contribution in [2.45, 2.75) is 0 Å². The molecule has 21 heavy (non-hydrogen) atoms. The summed E-state index contributed by atoms with van der Waals surface area (Å²) in [6.07, 6.45) is 1.35. The van der Waals surface area contributed by atoms with Crippen molar-refractivity contribution >= 4 is 5.97 Å². The van der Waals surface area contributed by atoms with E-state index >= 15 is 0 Å². The fourth-order valence-electron chi connectivity index (χ4n) is 1.37. The molecule has 0 saturated carbocycles. The van der Waals surface area contributed by atoms with Gasteiger partial charge in [0.1, 0.15) is 0 Å². The minimum Gasteiger partial charge on any atom is -0.481 e. The summed E-state index contributed by atoms with van der Waals surface area (Å²) in [5, 5.41) is 9.01. The SMILES string of the molecule is COc1cc(OC)nc(Oc2cccnc2C(=O)O)n1.O. The van der Waals surface area contributed by atoms with Crippen LogP contribution in [0.2, 0.25) is 0 Å². The zero-order valence-electron chi connectivity index (χ0n) is 11.2. The molecule has 2 aromatic rings. The van der Waals surface area contributed by atoms with Crippen LogP contribution in [0.25, 0.3) is 0 Å². The molecule has 0 amide bonds. The zero-order chi connectivity index (χ0) is 14.5. The van der Waals surface area contributed by atoms with Gasteiger partial charge in [-0.05, 0) is 12.1 Å². The van der Waals surface area contributed by atoms with Crippen molar-refractivity contribution in [2.75, 3.05) is 14.2 Å². The summed E-state index contributed by atoms with van der Waals surface area (Å²) in [6.45, 7) is 0. The van der Waals surface area contributed by atoms with Crippen molar-refractivity contribution in [3.63, 3.8) is 0 Å². The lowest BCUT2D eigenvalue weighted by Crippen LogP contribution is -2.04. The normalized spacial score (nSPS) is 9.43. The molecule has 0 aliphatic rings. The van der Waals surface area contributed by atoms with Gasteiger partial charge in [-0.3, -0.25) is 0 Å². The Bertz CT molecular complexity index is 612. The number of hydrogen-bond donors (Lipinski definition) is 1. The van der Waals surface area contributed by atoms with Gasteiger partial charge < -0.3 is 24.8 Å². The number of methoxy groups -OCH3 is 2. The molecule has 0 unspecified atom stereocenters. The fraction of sp³-hybridized carbons (Fsp3) is 0.167. The third-order valence-electron chi connectivity index (χ3n) is 2.25. The average molecular weight is 295 g/mol. The smallest absolute Gasteiger partial charge is 0.358 e. The molecule has 0 aromatic carbocycles. The third kappa shape index (κ3) is 3.76. The summed E-state index contributed by atoms with van der Waals surface area (Å²) >= 11 is 0. The van der Waals surface area contributed by atoms with E-state index in [0.717, 1.165) is 0 Å². The van der Waals surface area contributed by atoms with Gasteiger partial charge in [-0.25, -0.2) is 9.78 Å². The van der Waals surface area contributed by atoms with E-state index in [2.05, 4.69) is 15.0 Å². The molecule has 2 aromatic heterocycles. The van der Waals surface area contributed by atoms with E-state index in [9.17, 15) is 4.79 Å². The van der Waals surface area contributed by atoms with E-state index in [-0.39, 0.29) is 34.7 Å². The molecule has 0 saturated heterocycles. The number of rotatable bonds is 5. The van der Waals surface area contributed by atoms with E-state index in [1.54, 1.807) is 6.07 Å². The molecule has 112 valence electrons. The Morgan fingerprint density at radius 3 is 2.33 bits per heavy atom. The zero-order valence-corrected chi connectivity index (χ0v) is 11.2. The number of nitrogens with zero attached hydrogens (tertiary/aromatic N) is 3. The van der Waals surface area contributed by atoms with E-state index in [0.29, 0.717) is 0 Å². The minimum atomic E-state index is -1.21. The maximum atomic E-state index is 11.0. The second-order valence-electron chi connectivity index (χ2n) is 3.49. The summed E-state index contributed by atoms with van der Waals surface area (Å²) in [5.74, 6) is -0.731. The number of carboxylic acids is 1. The van der Waals surface area contributed by atoms with Crippen LogP contribution in [-0.4, -0.2) is 45.7 Å². The monoisotopic (exact) mass is 295 g/mol. The molecule has 2 heterocycles. The first-order valence-electron chi connectivity index (χ1n) is 5.47. The van der Waals surface area contributed by atoms with Crippen LogP contribution < -0.4 is 14.2 Å². The first-order valence-corrected chi connectivity index (χ1v) is 5.47. The topological polar surface area (TPSA) is 135 Å². The molecule has 3 N–H and O–H groups in total. The number of carboxylic acid groups (broad SMARTS) is 1. The van der Waals surface area contributed by atoms with Gasteiger partial charge in [0.2, 0.25) is 11.8 Å². The van der Waals surface area contributed by atoms with Gasteiger partial charge in [0, 0.05) is 6.20 Å². The van der Waals surface area contributed by atoms with Gasteiger partial charge in [0.05, 0.1) is 20.3 Å². The van der Waals surface area contributed by atoms with Crippen LogP contribution in [0, 0.1) is 0 Å². The molecule has 9 heteroatoms. The Hall–Kier alpha value is -2.94. The maximum Gasteiger partial charge on any atom is 0.358 e. The summed E-state index contributed by atoms with van der Waals surface area (Å²) in [6, 6.07) is 4.36. The summed E-state index contributed by atoms with van der Waals surface area (Å²) in [5.41, 5.74) is -0.238. The van der Waals surface area contributed by atoms with Crippen molar-refractivity contribution in [3.05, 3.63) is 30.1 Å². The predicted octanol–water partition coefficient (Wildman–Crippen LogP) is 0.555. The Labute approximate surface area is 119 Å². The minimum absolute atomic E-state index is 0. The Morgan fingerprint density at radius 2 is 1.81 bits per heavy atom. The number of ether oxygens (including phenoxy) is 3. The van der Waals surface area contributed by atoms with Gasteiger partial charge in [0.15, 0.2) is 11.4 Å². The number of aromatic nitrogens is 3. The standard InChI is InChI=1S/C12H11N3O5.H2O/c1-18-8-6-9(19-2)15-12(14-8)20-7-4-3-5-13-10(7)11(16)17;/h3-6H,1-2H3,(H,16,17);1H2. The van der Waals surface area contributed by atoms with E-state index in [1.807, 2.05) is 0 Å². The van der Waals surface area contributed by atoms with E-state index < -0.39 is 5.97 Å². The van der Waals surface area contributed by atoms with Crippen LogP contribution in [0.5, 0.6) is 23.5 Å². The quantitative estimate of drug-likeness (QED) is 0.844. The molecular formula is C12H13N3O6. The largest absolute Gasteiger partial charge is 0.481 e. The highest BCUT2D eigenvalue weighted by Gasteiger charge is 2.15. The Balaban J connectivity index is 0.00000220. The first-order chi connectivity index (χ1) is 9.63. The summed E-state index contributed by atoms with van der Waals surface area (Å²) in [7, 11) is 2.86. The highest BCUT2D eigenvalue weighted by molar-refractivity contribution is 5.88. The van der Waals surface area contributed by atoms with Gasteiger partial charge in [-0.1, -0.05) is 0 Å². The lowest BCUT2D eigenvalue weighted by molar-refractivity contribution is 0.0687. The summed E-state index contributed by atoms with van der Waals surface area (Å²) in [4.78, 5) is 22.6. The highest BCUT2D eigenvalue weighted by Crippen LogP contribution is 2.25. The fourth-order valence-corrected chi connectivity index (χ4v) is 1.37. The molecule has 0 aliphatic heterocycles. The molecule has 0 fully saturated rings. The molecule has 0 atom stereocenters. The van der Waals surface area contributed by atoms with Gasteiger partial charge in [0.25, 0.3) is 0 Å². The van der Waals surface area contributed by atoms with Crippen LogP contribution in [0.15, 0.2) is 24.4 Å². The maximum absolute atomic E-state index is 11.0. The van der Waals surface area contributed by atoms with Crippen LogP contribution >= 0.6 is 0 Å². The van der Waals surface area contributed by atoms with Crippen molar-refractivity contribution in [3.8, 4) is 23.5 Å². The van der Waals surface area contributed by atoms with Crippen molar-refractivity contribution in [2.24, 2.45) is 0 Å². The molecule has 0 bridgehead atoms. The van der Waals surface area contributed by atoms with E-state index in [1.165, 1.54) is 32.5 Å². The van der Waals surface area contributed by atoms with E-state index in [4.69, 9.17) is 19.3 Å². The number of pyridine rings is 1.